The molecule has 2 amide bonds. The molecule has 5 nitrogen and oxygen atoms in total. The zero-order valence-corrected chi connectivity index (χ0v) is 10.3. The van der Waals surface area contributed by atoms with Gasteiger partial charge in [-0.1, -0.05) is 0 Å². The van der Waals surface area contributed by atoms with Crippen molar-refractivity contribution in [2.75, 3.05) is 5.32 Å². The minimum absolute atomic E-state index is 0.289. The number of hydrogen-bond donors (Lipinski definition) is 3. The maximum absolute atomic E-state index is 11.2. The average molecular weight is 247 g/mol. The molecule has 0 aromatic heterocycles. The molecule has 96 valence electrons. The highest BCUT2D eigenvalue weighted by atomic mass is 16.1. The van der Waals surface area contributed by atoms with Gasteiger partial charge in [0.25, 0.3) is 0 Å². The average Bonchev–Trinajstić information content (AvgIpc) is 3.12. The van der Waals surface area contributed by atoms with Crippen LogP contribution < -0.4 is 16.8 Å². The Kier molecular flexibility index (Phi) is 3.23. The third-order valence-electron chi connectivity index (χ3n) is 3.23. The van der Waals surface area contributed by atoms with Crippen molar-refractivity contribution in [3.8, 4) is 0 Å². The van der Waals surface area contributed by atoms with Crippen LogP contribution in [0.25, 0.3) is 0 Å². The number of anilines is 1. The fraction of sp³-hybridized carbons (Fsp3) is 0.385. The van der Waals surface area contributed by atoms with Crippen LogP contribution in [0.2, 0.25) is 0 Å². The molecule has 1 aromatic carbocycles. The van der Waals surface area contributed by atoms with Crippen LogP contribution in [0.15, 0.2) is 18.2 Å². The summed E-state index contributed by atoms with van der Waals surface area (Å²) in [5.41, 5.74) is 11.8. The number of nitrogens with two attached hydrogens (primary N) is 2. The van der Waals surface area contributed by atoms with Crippen molar-refractivity contribution in [2.45, 2.75) is 25.8 Å². The van der Waals surface area contributed by atoms with Gasteiger partial charge in [0.1, 0.15) is 0 Å². The second-order valence-electron chi connectivity index (χ2n) is 4.80. The molecule has 1 saturated carbocycles. The van der Waals surface area contributed by atoms with Gasteiger partial charge in [-0.05, 0) is 43.9 Å². The Morgan fingerprint density at radius 1 is 1.17 bits per heavy atom. The van der Waals surface area contributed by atoms with Gasteiger partial charge in [-0.15, -0.1) is 0 Å². The molecule has 5 N–H and O–H groups in total. The number of rotatable bonds is 5. The lowest BCUT2D eigenvalue weighted by atomic mass is 10.1. The van der Waals surface area contributed by atoms with Crippen LogP contribution in [-0.2, 0) is 0 Å². The molecule has 0 bridgehead atoms. The quantitative estimate of drug-likeness (QED) is 0.726. The molecule has 5 heteroatoms. The van der Waals surface area contributed by atoms with Gasteiger partial charge in [0.15, 0.2) is 0 Å². The summed E-state index contributed by atoms with van der Waals surface area (Å²) in [5, 5.41) is 3.28. The van der Waals surface area contributed by atoms with E-state index < -0.39 is 11.8 Å². The van der Waals surface area contributed by atoms with Gasteiger partial charge in [-0.25, -0.2) is 0 Å². The molecule has 1 fully saturated rings. The van der Waals surface area contributed by atoms with Crippen molar-refractivity contribution in [1.29, 1.82) is 0 Å². The first-order chi connectivity index (χ1) is 8.47. The molecule has 1 atom stereocenters. The molecule has 0 radical (unpaired) electrons. The fourth-order valence-electron chi connectivity index (χ4n) is 1.97. The van der Waals surface area contributed by atoms with Gasteiger partial charge < -0.3 is 16.8 Å². The molecule has 1 aliphatic carbocycles. The number of primary amides is 2. The molecule has 0 saturated heterocycles. The Morgan fingerprint density at radius 2 is 1.67 bits per heavy atom. The summed E-state index contributed by atoms with van der Waals surface area (Å²) >= 11 is 0. The first-order valence-corrected chi connectivity index (χ1v) is 5.98. The van der Waals surface area contributed by atoms with E-state index in [1.807, 2.05) is 0 Å². The van der Waals surface area contributed by atoms with Gasteiger partial charge >= 0.3 is 0 Å². The van der Waals surface area contributed by atoms with Gasteiger partial charge in [0, 0.05) is 22.9 Å². The van der Waals surface area contributed by atoms with E-state index in [-0.39, 0.29) is 11.1 Å². The third kappa shape index (κ3) is 2.80. The van der Waals surface area contributed by atoms with Crippen LogP contribution >= 0.6 is 0 Å². The number of benzene rings is 1. The van der Waals surface area contributed by atoms with Crippen LogP contribution in [0.1, 0.15) is 40.5 Å². The van der Waals surface area contributed by atoms with Gasteiger partial charge in [0.2, 0.25) is 11.8 Å². The summed E-state index contributed by atoms with van der Waals surface area (Å²) in [5.74, 6) is -0.472. The SMILES string of the molecule is CC(Nc1cc(C(N)=O)cc(C(N)=O)c1)C1CC1. The van der Waals surface area contributed by atoms with Crippen molar-refractivity contribution in [3.63, 3.8) is 0 Å². The Hall–Kier alpha value is -2.04. The molecule has 1 aliphatic rings. The van der Waals surface area contributed by atoms with E-state index in [1.165, 1.54) is 18.9 Å². The molecule has 18 heavy (non-hydrogen) atoms. The first kappa shape index (κ1) is 12.4. The zero-order valence-electron chi connectivity index (χ0n) is 10.3. The summed E-state index contributed by atoms with van der Waals surface area (Å²) in [6, 6.07) is 5.02. The number of carbonyl (C=O) groups is 2. The summed E-state index contributed by atoms with van der Waals surface area (Å²) in [6.07, 6.45) is 2.43. The van der Waals surface area contributed by atoms with Crippen LogP contribution in [0, 0.1) is 5.92 Å². The molecular formula is C13H17N3O2. The molecule has 0 aliphatic heterocycles. The topological polar surface area (TPSA) is 98.2 Å². The van der Waals surface area contributed by atoms with E-state index in [2.05, 4.69) is 12.2 Å². The van der Waals surface area contributed by atoms with Crippen molar-refractivity contribution in [2.24, 2.45) is 17.4 Å². The molecule has 1 aromatic rings. The summed E-state index contributed by atoms with van der Waals surface area (Å²) in [4.78, 5) is 22.4. The molecule has 0 spiro atoms. The second kappa shape index (κ2) is 4.68. The Bertz CT molecular complexity index is 463. The number of amides is 2. The Morgan fingerprint density at radius 3 is 2.06 bits per heavy atom. The van der Waals surface area contributed by atoms with Crippen LogP contribution in [0.4, 0.5) is 5.69 Å². The molecule has 2 rings (SSSR count). The zero-order chi connectivity index (χ0) is 13.3. The smallest absolute Gasteiger partial charge is 0.248 e. The normalized spacial score (nSPS) is 16.1. The predicted molar refractivity (Wildman–Crippen MR) is 69.3 cm³/mol. The summed E-state index contributed by atoms with van der Waals surface area (Å²) in [7, 11) is 0. The lowest BCUT2D eigenvalue weighted by Crippen LogP contribution is -2.20. The largest absolute Gasteiger partial charge is 0.382 e. The lowest BCUT2D eigenvalue weighted by molar-refractivity contribution is 0.0999. The van der Waals surface area contributed by atoms with Crippen molar-refractivity contribution in [3.05, 3.63) is 29.3 Å². The van der Waals surface area contributed by atoms with Crippen molar-refractivity contribution >= 4 is 17.5 Å². The third-order valence-corrected chi connectivity index (χ3v) is 3.23. The van der Waals surface area contributed by atoms with E-state index in [9.17, 15) is 9.59 Å². The Balaban J connectivity index is 2.27. The predicted octanol–water partition coefficient (Wildman–Crippen LogP) is 1.09. The highest BCUT2D eigenvalue weighted by molar-refractivity contribution is 5.99. The highest BCUT2D eigenvalue weighted by Gasteiger charge is 2.27. The Labute approximate surface area is 106 Å². The molecular weight excluding hydrogens is 230 g/mol. The van der Waals surface area contributed by atoms with E-state index in [1.54, 1.807) is 12.1 Å². The number of carbonyl (C=O) groups excluding carboxylic acids is 2. The fourth-order valence-corrected chi connectivity index (χ4v) is 1.97. The monoisotopic (exact) mass is 247 g/mol. The summed E-state index contributed by atoms with van der Waals surface area (Å²) in [6.45, 7) is 2.08. The second-order valence-corrected chi connectivity index (χ2v) is 4.80. The van der Waals surface area contributed by atoms with Crippen molar-refractivity contribution in [1.82, 2.24) is 0 Å². The van der Waals surface area contributed by atoms with Crippen LogP contribution in [-0.4, -0.2) is 17.9 Å². The maximum atomic E-state index is 11.2. The van der Waals surface area contributed by atoms with Crippen LogP contribution in [0.5, 0.6) is 0 Å². The van der Waals surface area contributed by atoms with Gasteiger partial charge in [0.05, 0.1) is 0 Å². The summed E-state index contributed by atoms with van der Waals surface area (Å²) < 4.78 is 0. The highest BCUT2D eigenvalue weighted by Crippen LogP contribution is 2.34. The number of hydrogen-bond acceptors (Lipinski definition) is 3. The van der Waals surface area contributed by atoms with Gasteiger partial charge in [-0.2, -0.15) is 0 Å². The van der Waals surface area contributed by atoms with Gasteiger partial charge in [-0.3, -0.25) is 9.59 Å². The van der Waals surface area contributed by atoms with E-state index in [4.69, 9.17) is 11.5 Å². The van der Waals surface area contributed by atoms with E-state index in [0.717, 1.165) is 0 Å². The maximum Gasteiger partial charge on any atom is 0.248 e. The van der Waals surface area contributed by atoms with Crippen LogP contribution in [0.3, 0.4) is 0 Å². The van der Waals surface area contributed by atoms with E-state index in [0.29, 0.717) is 17.6 Å². The number of nitrogens with one attached hydrogen (secondary N) is 1. The molecule has 1 unspecified atom stereocenters. The lowest BCUT2D eigenvalue weighted by Gasteiger charge is -2.15. The minimum atomic E-state index is -0.569. The standard InChI is InChI=1S/C13H17N3O2/c1-7(8-2-3-8)16-11-5-9(12(14)17)4-10(6-11)13(15)18/h4-8,16H,2-3H2,1H3,(H2,14,17)(H2,15,18). The molecule has 0 heterocycles. The first-order valence-electron chi connectivity index (χ1n) is 5.98. The minimum Gasteiger partial charge on any atom is -0.382 e. The van der Waals surface area contributed by atoms with Crippen molar-refractivity contribution < 1.29 is 9.59 Å². The van der Waals surface area contributed by atoms with E-state index >= 15 is 0 Å².